The molecule has 0 aliphatic rings. The summed E-state index contributed by atoms with van der Waals surface area (Å²) in [6.45, 7) is 5.25. The fraction of sp³-hybridized carbons (Fsp3) is 0.217. The van der Waals surface area contributed by atoms with Crippen LogP contribution >= 0.6 is 0 Å². The van der Waals surface area contributed by atoms with E-state index in [0.717, 1.165) is 28.3 Å². The first-order valence-corrected chi connectivity index (χ1v) is 8.95. The van der Waals surface area contributed by atoms with Crippen molar-refractivity contribution in [3.63, 3.8) is 0 Å². The van der Waals surface area contributed by atoms with Gasteiger partial charge >= 0.3 is 0 Å². The van der Waals surface area contributed by atoms with Crippen LogP contribution in [0.2, 0.25) is 0 Å². The number of hydrogen-bond acceptors (Lipinski definition) is 3. The summed E-state index contributed by atoms with van der Waals surface area (Å²) in [5.74, 6) is 1.49. The topological polar surface area (TPSA) is 30.5 Å². The molecule has 0 unspecified atom stereocenters. The molecule has 134 valence electrons. The van der Waals surface area contributed by atoms with Crippen molar-refractivity contribution in [2.45, 2.75) is 33.1 Å². The minimum absolute atomic E-state index is 0.355. The van der Waals surface area contributed by atoms with Gasteiger partial charge in [-0.15, -0.1) is 0 Å². The van der Waals surface area contributed by atoms with Gasteiger partial charge in [0.1, 0.15) is 13.2 Å². The lowest BCUT2D eigenvalue weighted by Crippen LogP contribution is -2.10. The van der Waals surface area contributed by atoms with Gasteiger partial charge in [-0.2, -0.15) is 0 Å². The molecule has 3 aromatic rings. The fourth-order valence-electron chi connectivity index (χ4n) is 2.63. The Balaban J connectivity index is 1.75. The van der Waals surface area contributed by atoms with Crippen LogP contribution in [0.4, 0.5) is 5.69 Å². The van der Waals surface area contributed by atoms with Crippen molar-refractivity contribution < 1.29 is 9.47 Å². The van der Waals surface area contributed by atoms with Gasteiger partial charge in [-0.25, -0.2) is 0 Å². The first-order chi connectivity index (χ1) is 12.7. The van der Waals surface area contributed by atoms with E-state index in [9.17, 15) is 0 Å². The van der Waals surface area contributed by atoms with Gasteiger partial charge in [0.25, 0.3) is 0 Å². The second-order valence-electron chi connectivity index (χ2n) is 6.51. The van der Waals surface area contributed by atoms with E-state index in [1.54, 1.807) is 0 Å². The van der Waals surface area contributed by atoms with Crippen molar-refractivity contribution >= 4 is 5.69 Å². The van der Waals surface area contributed by atoms with Gasteiger partial charge < -0.3 is 14.8 Å². The highest BCUT2D eigenvalue weighted by atomic mass is 16.5. The molecule has 3 rings (SSSR count). The molecule has 0 spiro atoms. The first-order valence-electron chi connectivity index (χ1n) is 8.95. The zero-order chi connectivity index (χ0) is 18.2. The average Bonchev–Trinajstić information content (AvgIpc) is 2.67. The molecule has 0 amide bonds. The number of ether oxygens (including phenoxy) is 2. The fourth-order valence-corrected chi connectivity index (χ4v) is 2.63. The third-order valence-electron chi connectivity index (χ3n) is 3.87. The Morgan fingerprint density at radius 1 is 0.692 bits per heavy atom. The predicted octanol–water partition coefficient (Wildman–Crippen LogP) is 5.66. The van der Waals surface area contributed by atoms with E-state index in [1.165, 1.54) is 0 Å². The lowest BCUT2D eigenvalue weighted by Gasteiger charge is -2.16. The standard InChI is InChI=1S/C23H25NO2/c1-18(2)24-21-13-14-22(25-16-19-9-5-3-6-10-19)23(15-21)26-17-20-11-7-4-8-12-20/h3-15,18,24H,16-17H2,1-2H3. The Morgan fingerprint density at radius 2 is 1.23 bits per heavy atom. The van der Waals surface area contributed by atoms with Crippen LogP contribution in [0.3, 0.4) is 0 Å². The molecule has 0 saturated carbocycles. The molecule has 0 fully saturated rings. The molecular formula is C23H25NO2. The summed E-state index contributed by atoms with van der Waals surface area (Å²) in [4.78, 5) is 0. The van der Waals surface area contributed by atoms with Gasteiger partial charge in [0.2, 0.25) is 0 Å². The SMILES string of the molecule is CC(C)Nc1ccc(OCc2ccccc2)c(OCc2ccccc2)c1. The summed E-state index contributed by atoms with van der Waals surface area (Å²) in [7, 11) is 0. The predicted molar refractivity (Wildman–Crippen MR) is 107 cm³/mol. The highest BCUT2D eigenvalue weighted by molar-refractivity contribution is 5.55. The van der Waals surface area contributed by atoms with E-state index in [-0.39, 0.29) is 0 Å². The smallest absolute Gasteiger partial charge is 0.163 e. The summed E-state index contributed by atoms with van der Waals surface area (Å²) >= 11 is 0. The van der Waals surface area contributed by atoms with E-state index < -0.39 is 0 Å². The highest BCUT2D eigenvalue weighted by Gasteiger charge is 2.09. The van der Waals surface area contributed by atoms with Crippen molar-refractivity contribution in [3.05, 3.63) is 90.0 Å². The van der Waals surface area contributed by atoms with E-state index in [4.69, 9.17) is 9.47 Å². The van der Waals surface area contributed by atoms with Gasteiger partial charge in [-0.1, -0.05) is 60.7 Å². The Bertz CT molecular complexity index is 801. The molecule has 3 aromatic carbocycles. The maximum Gasteiger partial charge on any atom is 0.163 e. The molecule has 0 radical (unpaired) electrons. The minimum atomic E-state index is 0.355. The quantitative estimate of drug-likeness (QED) is 0.570. The molecule has 0 heterocycles. The number of nitrogens with one attached hydrogen (secondary N) is 1. The van der Waals surface area contributed by atoms with Crippen molar-refractivity contribution in [1.82, 2.24) is 0 Å². The number of anilines is 1. The second kappa shape index (κ2) is 8.95. The molecule has 0 saturated heterocycles. The maximum atomic E-state index is 6.07. The molecule has 0 aliphatic carbocycles. The van der Waals surface area contributed by atoms with E-state index in [2.05, 4.69) is 43.4 Å². The molecule has 3 heteroatoms. The largest absolute Gasteiger partial charge is 0.485 e. The summed E-state index contributed by atoms with van der Waals surface area (Å²) in [5.41, 5.74) is 3.28. The van der Waals surface area contributed by atoms with Gasteiger partial charge in [0, 0.05) is 17.8 Å². The molecule has 26 heavy (non-hydrogen) atoms. The van der Waals surface area contributed by atoms with Crippen LogP contribution in [-0.4, -0.2) is 6.04 Å². The Kier molecular flexibility index (Phi) is 6.15. The van der Waals surface area contributed by atoms with Gasteiger partial charge in [-0.3, -0.25) is 0 Å². The van der Waals surface area contributed by atoms with Gasteiger partial charge in [-0.05, 0) is 37.1 Å². The zero-order valence-electron chi connectivity index (χ0n) is 15.3. The molecule has 3 nitrogen and oxygen atoms in total. The number of benzene rings is 3. The molecule has 0 aromatic heterocycles. The third-order valence-corrected chi connectivity index (χ3v) is 3.87. The normalized spacial score (nSPS) is 10.6. The molecule has 0 atom stereocenters. The van der Waals surface area contributed by atoms with Crippen LogP contribution < -0.4 is 14.8 Å². The molecule has 0 aliphatic heterocycles. The minimum Gasteiger partial charge on any atom is -0.485 e. The summed E-state index contributed by atoms with van der Waals surface area (Å²) < 4.78 is 12.1. The molecular weight excluding hydrogens is 322 g/mol. The van der Waals surface area contributed by atoms with Crippen molar-refractivity contribution in [2.24, 2.45) is 0 Å². The summed E-state index contributed by atoms with van der Waals surface area (Å²) in [6, 6.07) is 26.6. The van der Waals surface area contributed by atoms with E-state index in [0.29, 0.717) is 19.3 Å². The van der Waals surface area contributed by atoms with Crippen LogP contribution in [0, 0.1) is 0 Å². The Labute approximate surface area is 155 Å². The van der Waals surface area contributed by atoms with Crippen LogP contribution in [0.25, 0.3) is 0 Å². The highest BCUT2D eigenvalue weighted by Crippen LogP contribution is 2.32. The lowest BCUT2D eigenvalue weighted by molar-refractivity contribution is 0.256. The second-order valence-corrected chi connectivity index (χ2v) is 6.51. The van der Waals surface area contributed by atoms with Crippen LogP contribution in [0.5, 0.6) is 11.5 Å². The summed E-state index contributed by atoms with van der Waals surface area (Å²) in [5, 5.41) is 3.41. The van der Waals surface area contributed by atoms with E-state index in [1.807, 2.05) is 54.6 Å². The molecule has 0 bridgehead atoms. The van der Waals surface area contributed by atoms with Crippen molar-refractivity contribution in [1.29, 1.82) is 0 Å². The van der Waals surface area contributed by atoms with Crippen LogP contribution in [-0.2, 0) is 13.2 Å². The first kappa shape index (κ1) is 17.9. The lowest BCUT2D eigenvalue weighted by atomic mass is 10.2. The third kappa shape index (κ3) is 5.28. The van der Waals surface area contributed by atoms with E-state index >= 15 is 0 Å². The van der Waals surface area contributed by atoms with Crippen LogP contribution in [0.15, 0.2) is 78.9 Å². The Morgan fingerprint density at radius 3 is 1.77 bits per heavy atom. The number of hydrogen-bond donors (Lipinski definition) is 1. The van der Waals surface area contributed by atoms with Crippen LogP contribution in [0.1, 0.15) is 25.0 Å². The van der Waals surface area contributed by atoms with Gasteiger partial charge in [0.15, 0.2) is 11.5 Å². The summed E-state index contributed by atoms with van der Waals surface area (Å²) in [6.07, 6.45) is 0. The van der Waals surface area contributed by atoms with Gasteiger partial charge in [0.05, 0.1) is 0 Å². The average molecular weight is 347 g/mol. The van der Waals surface area contributed by atoms with Crippen molar-refractivity contribution in [3.8, 4) is 11.5 Å². The zero-order valence-corrected chi connectivity index (χ0v) is 15.3. The number of rotatable bonds is 8. The Hall–Kier alpha value is -2.94. The van der Waals surface area contributed by atoms with Crippen molar-refractivity contribution in [2.75, 3.05) is 5.32 Å². The maximum absolute atomic E-state index is 6.07. The monoisotopic (exact) mass is 347 g/mol. The molecule has 1 N–H and O–H groups in total.